The maximum absolute atomic E-state index is 13.9. The molecule has 0 atom stereocenters. The summed E-state index contributed by atoms with van der Waals surface area (Å²) in [5.41, 5.74) is 0.391. The molecule has 1 aliphatic heterocycles. The topological polar surface area (TPSA) is 92.5 Å². The minimum Gasteiger partial charge on any atom is -0.478 e. The maximum Gasteiger partial charge on any atom is 0.336 e. The van der Waals surface area contributed by atoms with Gasteiger partial charge in [0.25, 0.3) is 10.0 Å². The van der Waals surface area contributed by atoms with Crippen LogP contribution in [0.1, 0.15) is 21.5 Å². The zero-order valence-corrected chi connectivity index (χ0v) is 13.0. The van der Waals surface area contributed by atoms with Crippen molar-refractivity contribution in [2.24, 2.45) is 7.05 Å². The maximum atomic E-state index is 13.9. The molecular weight excluding hydrogens is 325 g/mol. The number of aromatic carboxylic acids is 1. The van der Waals surface area contributed by atoms with E-state index in [4.69, 9.17) is 0 Å². The highest BCUT2D eigenvalue weighted by atomic mass is 32.2. The van der Waals surface area contributed by atoms with Crippen LogP contribution in [0.15, 0.2) is 29.4 Å². The van der Waals surface area contributed by atoms with Crippen LogP contribution in [0.3, 0.4) is 0 Å². The van der Waals surface area contributed by atoms with E-state index in [1.807, 2.05) is 0 Å². The standard InChI is InChI=1S/C14H14FN3O4S/c1-17-13(4-6-16-17)23(21,22)18-7-5-9-11(8-18)10(14(19)20)2-3-12(9)15/h2-4,6H,5,7-8H2,1H3,(H,19,20). The quantitative estimate of drug-likeness (QED) is 0.901. The molecule has 0 saturated carbocycles. The van der Waals surface area contributed by atoms with Gasteiger partial charge in [-0.05, 0) is 35.7 Å². The van der Waals surface area contributed by atoms with Gasteiger partial charge in [-0.15, -0.1) is 0 Å². The molecule has 2 heterocycles. The smallest absolute Gasteiger partial charge is 0.336 e. The number of aromatic nitrogens is 2. The number of hydrogen-bond acceptors (Lipinski definition) is 4. The average Bonchev–Trinajstić information content (AvgIpc) is 2.94. The number of fused-ring (bicyclic) bond motifs is 1. The van der Waals surface area contributed by atoms with Gasteiger partial charge < -0.3 is 5.11 Å². The number of benzene rings is 1. The van der Waals surface area contributed by atoms with Crippen molar-refractivity contribution in [1.29, 1.82) is 0 Å². The second-order valence-corrected chi connectivity index (χ2v) is 7.12. The number of sulfonamides is 1. The molecule has 0 bridgehead atoms. The third-order valence-electron chi connectivity index (χ3n) is 3.93. The zero-order chi connectivity index (χ0) is 16.8. The minimum atomic E-state index is -3.83. The summed E-state index contributed by atoms with van der Waals surface area (Å²) in [5, 5.41) is 13.1. The van der Waals surface area contributed by atoms with Gasteiger partial charge in [-0.2, -0.15) is 9.40 Å². The Kier molecular flexibility index (Phi) is 3.69. The summed E-state index contributed by atoms with van der Waals surface area (Å²) in [6.45, 7) is -0.0945. The lowest BCUT2D eigenvalue weighted by Crippen LogP contribution is -2.38. The summed E-state index contributed by atoms with van der Waals surface area (Å²) in [7, 11) is -2.32. The Hall–Kier alpha value is -2.26. The highest BCUT2D eigenvalue weighted by Gasteiger charge is 2.33. The summed E-state index contributed by atoms with van der Waals surface area (Å²) >= 11 is 0. The number of carboxylic acid groups (broad SMARTS) is 1. The second kappa shape index (κ2) is 5.43. The lowest BCUT2D eigenvalue weighted by atomic mass is 9.95. The second-order valence-electron chi connectivity index (χ2n) is 5.24. The zero-order valence-electron chi connectivity index (χ0n) is 12.2. The van der Waals surface area contributed by atoms with Crippen LogP contribution in [-0.4, -0.2) is 40.1 Å². The van der Waals surface area contributed by atoms with E-state index >= 15 is 0 Å². The summed E-state index contributed by atoms with van der Waals surface area (Å²) in [6, 6.07) is 3.64. The fourth-order valence-corrected chi connectivity index (χ4v) is 4.27. The molecule has 7 nitrogen and oxygen atoms in total. The van der Waals surface area contributed by atoms with E-state index in [0.29, 0.717) is 0 Å². The Labute approximate surface area is 132 Å². The van der Waals surface area contributed by atoms with Gasteiger partial charge >= 0.3 is 5.97 Å². The van der Waals surface area contributed by atoms with Gasteiger partial charge in [-0.1, -0.05) is 0 Å². The molecule has 2 aromatic rings. The van der Waals surface area contributed by atoms with Crippen molar-refractivity contribution in [1.82, 2.24) is 14.1 Å². The predicted octanol–water partition coefficient (Wildman–Crippen LogP) is 1.00. The summed E-state index contributed by atoms with van der Waals surface area (Å²) < 4.78 is 41.6. The number of hydrogen-bond donors (Lipinski definition) is 1. The molecular formula is C14H14FN3O4S. The van der Waals surface area contributed by atoms with Crippen molar-refractivity contribution in [2.75, 3.05) is 6.54 Å². The van der Waals surface area contributed by atoms with E-state index in [2.05, 4.69) is 5.10 Å². The van der Waals surface area contributed by atoms with Crippen LogP contribution in [0.5, 0.6) is 0 Å². The van der Waals surface area contributed by atoms with Crippen LogP contribution in [0.25, 0.3) is 0 Å². The average molecular weight is 339 g/mol. The summed E-state index contributed by atoms with van der Waals surface area (Å²) in [6.07, 6.45) is 1.49. The molecule has 0 saturated heterocycles. The van der Waals surface area contributed by atoms with Crippen LogP contribution in [-0.2, 0) is 30.0 Å². The third-order valence-corrected chi connectivity index (χ3v) is 5.85. The molecule has 1 aliphatic rings. The molecule has 1 aromatic heterocycles. The number of carbonyl (C=O) groups is 1. The van der Waals surface area contributed by atoms with E-state index in [1.165, 1.54) is 24.0 Å². The number of halogens is 1. The van der Waals surface area contributed by atoms with Crippen LogP contribution < -0.4 is 0 Å². The third kappa shape index (κ3) is 2.51. The fourth-order valence-electron chi connectivity index (χ4n) is 2.76. The molecule has 1 aromatic carbocycles. The molecule has 3 rings (SSSR count). The highest BCUT2D eigenvalue weighted by Crippen LogP contribution is 2.28. The normalized spacial score (nSPS) is 15.4. The number of aryl methyl sites for hydroxylation is 1. The first kappa shape index (κ1) is 15.6. The van der Waals surface area contributed by atoms with Gasteiger partial charge in [0.1, 0.15) is 5.82 Å². The van der Waals surface area contributed by atoms with E-state index in [-0.39, 0.29) is 41.2 Å². The molecule has 122 valence electrons. The van der Waals surface area contributed by atoms with Crippen molar-refractivity contribution in [3.8, 4) is 0 Å². The molecule has 23 heavy (non-hydrogen) atoms. The van der Waals surface area contributed by atoms with Crippen molar-refractivity contribution >= 4 is 16.0 Å². The van der Waals surface area contributed by atoms with Crippen LogP contribution in [0.2, 0.25) is 0 Å². The molecule has 0 amide bonds. The molecule has 0 unspecified atom stereocenters. The SMILES string of the molecule is Cn1nccc1S(=O)(=O)N1CCc2c(F)ccc(C(=O)O)c2C1. The van der Waals surface area contributed by atoms with Crippen LogP contribution in [0.4, 0.5) is 4.39 Å². The van der Waals surface area contributed by atoms with Gasteiger partial charge in [0.15, 0.2) is 5.03 Å². The molecule has 0 spiro atoms. The Balaban J connectivity index is 2.05. The van der Waals surface area contributed by atoms with Crippen molar-refractivity contribution in [3.05, 3.63) is 46.9 Å². The van der Waals surface area contributed by atoms with E-state index in [0.717, 1.165) is 16.4 Å². The number of nitrogens with zero attached hydrogens (tertiary/aromatic N) is 3. The number of rotatable bonds is 3. The lowest BCUT2D eigenvalue weighted by molar-refractivity contribution is 0.0694. The molecule has 0 fully saturated rings. The van der Waals surface area contributed by atoms with Gasteiger partial charge in [0.05, 0.1) is 11.8 Å². The summed E-state index contributed by atoms with van der Waals surface area (Å²) in [4.78, 5) is 11.3. The van der Waals surface area contributed by atoms with Gasteiger partial charge in [0, 0.05) is 20.1 Å². The van der Waals surface area contributed by atoms with Crippen LogP contribution in [0, 0.1) is 5.82 Å². The van der Waals surface area contributed by atoms with Crippen molar-refractivity contribution < 1.29 is 22.7 Å². The Morgan fingerprint density at radius 2 is 2.04 bits per heavy atom. The molecule has 0 radical (unpaired) electrons. The Morgan fingerprint density at radius 1 is 1.30 bits per heavy atom. The lowest BCUT2D eigenvalue weighted by Gasteiger charge is -2.29. The largest absolute Gasteiger partial charge is 0.478 e. The Morgan fingerprint density at radius 3 is 2.65 bits per heavy atom. The number of carboxylic acids is 1. The van der Waals surface area contributed by atoms with Crippen molar-refractivity contribution in [2.45, 2.75) is 18.0 Å². The predicted molar refractivity (Wildman–Crippen MR) is 77.9 cm³/mol. The monoisotopic (exact) mass is 339 g/mol. The Bertz CT molecular complexity index is 891. The van der Waals surface area contributed by atoms with Crippen LogP contribution >= 0.6 is 0 Å². The molecule has 0 aliphatic carbocycles. The first-order valence-electron chi connectivity index (χ1n) is 6.84. The van der Waals surface area contributed by atoms with Gasteiger partial charge in [-0.25, -0.2) is 17.6 Å². The van der Waals surface area contributed by atoms with Gasteiger partial charge in [0.2, 0.25) is 0 Å². The fraction of sp³-hybridized carbons (Fsp3) is 0.286. The summed E-state index contributed by atoms with van der Waals surface area (Å²) in [5.74, 6) is -1.72. The first-order valence-corrected chi connectivity index (χ1v) is 8.28. The van der Waals surface area contributed by atoms with Crippen molar-refractivity contribution in [3.63, 3.8) is 0 Å². The van der Waals surface area contributed by atoms with E-state index in [9.17, 15) is 22.7 Å². The minimum absolute atomic E-state index is 0.00854. The first-order chi connectivity index (χ1) is 10.8. The van der Waals surface area contributed by atoms with E-state index < -0.39 is 21.8 Å². The molecule has 1 N–H and O–H groups in total. The highest BCUT2D eigenvalue weighted by molar-refractivity contribution is 7.89. The van der Waals surface area contributed by atoms with E-state index in [1.54, 1.807) is 0 Å². The molecule has 9 heteroatoms. The van der Waals surface area contributed by atoms with Gasteiger partial charge in [-0.3, -0.25) is 4.68 Å².